The molecule has 0 bridgehead atoms. The van der Waals surface area contributed by atoms with Gasteiger partial charge in [0.2, 0.25) is 0 Å². The van der Waals surface area contributed by atoms with Gasteiger partial charge < -0.3 is 0 Å². The van der Waals surface area contributed by atoms with Crippen LogP contribution in [0.5, 0.6) is 0 Å². The SMILES string of the molecule is C=C(C)CC1(F)CC(C)(C)C=CC1=O. The van der Waals surface area contributed by atoms with E-state index in [2.05, 4.69) is 6.58 Å². The molecule has 14 heavy (non-hydrogen) atoms. The normalized spacial score (nSPS) is 30.4. The Kier molecular flexibility index (Phi) is 2.66. The first-order valence-electron chi connectivity index (χ1n) is 4.82. The summed E-state index contributed by atoms with van der Waals surface area (Å²) >= 11 is 0. The molecule has 1 nitrogen and oxygen atoms in total. The molecular formula is C12H17FO. The van der Waals surface area contributed by atoms with E-state index in [0.29, 0.717) is 5.57 Å². The van der Waals surface area contributed by atoms with Gasteiger partial charge in [0, 0.05) is 6.42 Å². The van der Waals surface area contributed by atoms with Crippen molar-refractivity contribution in [3.8, 4) is 0 Å². The zero-order valence-corrected chi connectivity index (χ0v) is 9.06. The minimum absolute atomic E-state index is 0.138. The van der Waals surface area contributed by atoms with E-state index in [4.69, 9.17) is 0 Å². The van der Waals surface area contributed by atoms with Crippen LogP contribution in [0.1, 0.15) is 33.6 Å². The number of ketones is 1. The van der Waals surface area contributed by atoms with Crippen LogP contribution in [0.25, 0.3) is 0 Å². The maximum atomic E-state index is 14.3. The molecule has 0 N–H and O–H groups in total. The third-order valence-corrected chi connectivity index (χ3v) is 2.45. The molecule has 78 valence electrons. The maximum absolute atomic E-state index is 14.3. The van der Waals surface area contributed by atoms with Gasteiger partial charge in [0.1, 0.15) is 0 Å². The van der Waals surface area contributed by atoms with Gasteiger partial charge in [0.05, 0.1) is 0 Å². The summed E-state index contributed by atoms with van der Waals surface area (Å²) in [7, 11) is 0. The summed E-state index contributed by atoms with van der Waals surface area (Å²) in [5, 5.41) is 0. The molecule has 1 unspecified atom stereocenters. The summed E-state index contributed by atoms with van der Waals surface area (Å²) in [5.74, 6) is -0.417. The smallest absolute Gasteiger partial charge is 0.192 e. The number of carbonyl (C=O) groups is 1. The Hall–Kier alpha value is -0.920. The van der Waals surface area contributed by atoms with Crippen LogP contribution in [-0.4, -0.2) is 11.5 Å². The molecule has 1 aliphatic rings. The van der Waals surface area contributed by atoms with Crippen LogP contribution in [0, 0.1) is 5.41 Å². The molecule has 1 aliphatic carbocycles. The van der Waals surface area contributed by atoms with Gasteiger partial charge in [-0.05, 0) is 24.8 Å². The van der Waals surface area contributed by atoms with E-state index in [9.17, 15) is 9.18 Å². The molecule has 0 spiro atoms. The summed E-state index contributed by atoms with van der Waals surface area (Å²) in [6, 6.07) is 0. The van der Waals surface area contributed by atoms with E-state index in [1.54, 1.807) is 13.0 Å². The Labute approximate surface area is 84.7 Å². The van der Waals surface area contributed by atoms with Crippen LogP contribution in [-0.2, 0) is 4.79 Å². The number of halogens is 1. The van der Waals surface area contributed by atoms with Crippen LogP contribution in [0.4, 0.5) is 4.39 Å². The molecule has 0 aromatic heterocycles. The number of allylic oxidation sites excluding steroid dienone is 3. The first-order valence-corrected chi connectivity index (χ1v) is 4.82. The third kappa shape index (κ3) is 2.31. The van der Waals surface area contributed by atoms with Gasteiger partial charge >= 0.3 is 0 Å². The molecule has 0 saturated carbocycles. The fourth-order valence-electron chi connectivity index (χ4n) is 1.95. The van der Waals surface area contributed by atoms with Gasteiger partial charge in [0.25, 0.3) is 0 Å². The predicted molar refractivity (Wildman–Crippen MR) is 55.8 cm³/mol. The first kappa shape index (κ1) is 11.2. The average Bonchev–Trinajstić information content (AvgIpc) is 1.95. The van der Waals surface area contributed by atoms with Crippen LogP contribution in [0.3, 0.4) is 0 Å². The lowest BCUT2D eigenvalue weighted by molar-refractivity contribution is -0.128. The Morgan fingerprint density at radius 1 is 1.64 bits per heavy atom. The molecule has 0 amide bonds. The Morgan fingerprint density at radius 3 is 2.71 bits per heavy atom. The summed E-state index contributed by atoms with van der Waals surface area (Å²) in [4.78, 5) is 11.4. The Bertz CT molecular complexity index is 301. The van der Waals surface area contributed by atoms with Crippen molar-refractivity contribution >= 4 is 5.78 Å². The molecule has 0 fully saturated rings. The molecule has 0 saturated heterocycles. The van der Waals surface area contributed by atoms with Gasteiger partial charge in [0.15, 0.2) is 11.5 Å². The molecule has 0 aliphatic heterocycles. The highest BCUT2D eigenvalue weighted by molar-refractivity contribution is 5.98. The van der Waals surface area contributed by atoms with Crippen molar-refractivity contribution in [2.24, 2.45) is 5.41 Å². The predicted octanol–water partition coefficient (Wildman–Crippen LogP) is 3.22. The standard InChI is InChI=1S/C12H17FO/c1-9(2)7-12(13)8-11(3,4)6-5-10(12)14/h5-6H,1,7-8H2,2-4H3. The number of hydrogen-bond donors (Lipinski definition) is 0. The molecule has 1 rings (SSSR count). The monoisotopic (exact) mass is 196 g/mol. The molecule has 0 radical (unpaired) electrons. The van der Waals surface area contributed by atoms with E-state index in [0.717, 1.165) is 0 Å². The zero-order chi connectivity index (χ0) is 11.0. The van der Waals surface area contributed by atoms with Gasteiger partial charge in [-0.1, -0.05) is 25.5 Å². The van der Waals surface area contributed by atoms with Crippen molar-refractivity contribution < 1.29 is 9.18 Å². The second-order valence-corrected chi connectivity index (χ2v) is 4.96. The molecule has 0 aromatic rings. The molecule has 0 heterocycles. The van der Waals surface area contributed by atoms with E-state index in [1.165, 1.54) is 6.08 Å². The van der Waals surface area contributed by atoms with Crippen molar-refractivity contribution in [2.75, 3.05) is 0 Å². The zero-order valence-electron chi connectivity index (χ0n) is 9.06. The van der Waals surface area contributed by atoms with Crippen molar-refractivity contribution in [1.82, 2.24) is 0 Å². The lowest BCUT2D eigenvalue weighted by Gasteiger charge is -2.34. The molecular weight excluding hydrogens is 179 g/mol. The van der Waals surface area contributed by atoms with Gasteiger partial charge in [-0.25, -0.2) is 4.39 Å². The second-order valence-electron chi connectivity index (χ2n) is 4.96. The van der Waals surface area contributed by atoms with Crippen LogP contribution in [0.2, 0.25) is 0 Å². The van der Waals surface area contributed by atoms with Crippen molar-refractivity contribution in [3.05, 3.63) is 24.3 Å². The number of rotatable bonds is 2. The quantitative estimate of drug-likeness (QED) is 0.620. The largest absolute Gasteiger partial charge is 0.291 e. The van der Waals surface area contributed by atoms with E-state index in [1.807, 2.05) is 13.8 Å². The Morgan fingerprint density at radius 2 is 2.21 bits per heavy atom. The average molecular weight is 196 g/mol. The summed E-state index contributed by atoms with van der Waals surface area (Å²) in [5.41, 5.74) is -1.26. The van der Waals surface area contributed by atoms with Crippen LogP contribution < -0.4 is 0 Å². The third-order valence-electron chi connectivity index (χ3n) is 2.45. The van der Waals surface area contributed by atoms with Crippen molar-refractivity contribution in [3.63, 3.8) is 0 Å². The highest BCUT2D eigenvalue weighted by atomic mass is 19.1. The number of carbonyl (C=O) groups excluding carboxylic acids is 1. The van der Waals surface area contributed by atoms with Crippen LogP contribution in [0.15, 0.2) is 24.3 Å². The van der Waals surface area contributed by atoms with E-state index in [-0.39, 0.29) is 18.3 Å². The summed E-state index contributed by atoms with van der Waals surface area (Å²) < 4.78 is 14.3. The highest BCUT2D eigenvalue weighted by Crippen LogP contribution is 2.40. The topological polar surface area (TPSA) is 17.1 Å². The lowest BCUT2D eigenvalue weighted by atomic mass is 9.72. The molecule has 2 heteroatoms. The van der Waals surface area contributed by atoms with Gasteiger partial charge in [-0.3, -0.25) is 4.79 Å². The molecule has 1 atom stereocenters. The first-order chi connectivity index (χ1) is 6.25. The Balaban J connectivity index is 2.94. The maximum Gasteiger partial charge on any atom is 0.192 e. The molecule has 0 aromatic carbocycles. The van der Waals surface area contributed by atoms with E-state index < -0.39 is 11.5 Å². The lowest BCUT2D eigenvalue weighted by Crippen LogP contribution is -2.40. The van der Waals surface area contributed by atoms with Gasteiger partial charge in [-0.2, -0.15) is 0 Å². The fourth-order valence-corrected chi connectivity index (χ4v) is 1.95. The minimum Gasteiger partial charge on any atom is -0.291 e. The summed E-state index contributed by atoms with van der Waals surface area (Å²) in [6.45, 7) is 9.28. The van der Waals surface area contributed by atoms with Gasteiger partial charge in [-0.15, -0.1) is 6.58 Å². The van der Waals surface area contributed by atoms with E-state index >= 15 is 0 Å². The second kappa shape index (κ2) is 3.34. The minimum atomic E-state index is -1.73. The highest BCUT2D eigenvalue weighted by Gasteiger charge is 2.43. The fraction of sp³-hybridized carbons (Fsp3) is 0.583. The van der Waals surface area contributed by atoms with Crippen LogP contribution >= 0.6 is 0 Å². The van der Waals surface area contributed by atoms with Crippen molar-refractivity contribution in [2.45, 2.75) is 39.3 Å². The number of hydrogen-bond acceptors (Lipinski definition) is 1. The summed E-state index contributed by atoms with van der Waals surface area (Å²) in [6.07, 6.45) is 3.54. The van der Waals surface area contributed by atoms with Crippen molar-refractivity contribution in [1.29, 1.82) is 0 Å². The number of alkyl halides is 1.